The van der Waals surface area contributed by atoms with E-state index < -0.39 is 0 Å². The van der Waals surface area contributed by atoms with Crippen molar-refractivity contribution in [3.63, 3.8) is 0 Å². The zero-order valence-electron chi connectivity index (χ0n) is 11.2. The van der Waals surface area contributed by atoms with Gasteiger partial charge in [-0.2, -0.15) is 0 Å². The molecule has 1 fully saturated rings. The van der Waals surface area contributed by atoms with Crippen LogP contribution in [-0.4, -0.2) is 9.55 Å². The highest BCUT2D eigenvalue weighted by molar-refractivity contribution is 14.1. The van der Waals surface area contributed by atoms with Crippen LogP contribution in [0.15, 0.2) is 36.7 Å². The summed E-state index contributed by atoms with van der Waals surface area (Å²) < 4.78 is 3.65. The molecule has 1 aliphatic carbocycles. The topological polar surface area (TPSA) is 17.8 Å². The fourth-order valence-electron chi connectivity index (χ4n) is 2.98. The van der Waals surface area contributed by atoms with Crippen LogP contribution >= 0.6 is 22.6 Å². The summed E-state index contributed by atoms with van der Waals surface area (Å²) in [5.74, 6) is 2.01. The first-order valence-corrected chi connectivity index (χ1v) is 8.10. The maximum absolute atomic E-state index is 4.58. The predicted octanol–water partition coefficient (Wildman–Crippen LogP) is 4.91. The zero-order valence-corrected chi connectivity index (χ0v) is 13.4. The first kappa shape index (κ1) is 13.2. The lowest BCUT2D eigenvalue weighted by Gasteiger charge is -2.28. The molecule has 3 rings (SSSR count). The molecule has 2 nitrogen and oxygen atoms in total. The Morgan fingerprint density at radius 2 is 2.00 bits per heavy atom. The number of aromatic nitrogens is 2. The number of imidazole rings is 1. The average Bonchev–Trinajstić information content (AvgIpc) is 2.89. The third-order valence-electron chi connectivity index (χ3n) is 4.13. The summed E-state index contributed by atoms with van der Waals surface area (Å²) in [6.45, 7) is 2.37. The fourth-order valence-corrected chi connectivity index (χ4v) is 3.52. The third-order valence-corrected chi connectivity index (χ3v) is 4.80. The van der Waals surface area contributed by atoms with Crippen LogP contribution in [0, 0.1) is 9.49 Å². The van der Waals surface area contributed by atoms with Crippen LogP contribution in [0.25, 0.3) is 11.4 Å². The van der Waals surface area contributed by atoms with E-state index >= 15 is 0 Å². The van der Waals surface area contributed by atoms with Gasteiger partial charge in [-0.1, -0.05) is 19.1 Å². The first-order valence-electron chi connectivity index (χ1n) is 7.03. The van der Waals surface area contributed by atoms with E-state index in [0.717, 1.165) is 11.7 Å². The first-order chi connectivity index (χ1) is 9.24. The molecule has 0 spiro atoms. The second-order valence-corrected chi connectivity index (χ2v) is 6.83. The van der Waals surface area contributed by atoms with E-state index in [1.54, 1.807) is 0 Å². The Kier molecular flexibility index (Phi) is 3.91. The van der Waals surface area contributed by atoms with Gasteiger partial charge < -0.3 is 4.57 Å². The van der Waals surface area contributed by atoms with Gasteiger partial charge in [0.2, 0.25) is 0 Å². The van der Waals surface area contributed by atoms with E-state index in [0.29, 0.717) is 6.04 Å². The molecule has 0 amide bonds. The summed E-state index contributed by atoms with van der Waals surface area (Å²) in [4.78, 5) is 4.58. The van der Waals surface area contributed by atoms with Gasteiger partial charge in [-0.3, -0.25) is 0 Å². The molecule has 0 unspecified atom stereocenters. The zero-order chi connectivity index (χ0) is 13.2. The maximum Gasteiger partial charge on any atom is 0.140 e. The van der Waals surface area contributed by atoms with Crippen molar-refractivity contribution in [2.24, 2.45) is 5.92 Å². The molecule has 0 atom stereocenters. The summed E-state index contributed by atoms with van der Waals surface area (Å²) in [5, 5.41) is 0. The number of hydrogen-bond donors (Lipinski definition) is 0. The summed E-state index contributed by atoms with van der Waals surface area (Å²) in [7, 11) is 0. The van der Waals surface area contributed by atoms with Crippen LogP contribution in [0.2, 0.25) is 0 Å². The lowest BCUT2D eigenvalue weighted by molar-refractivity contribution is 0.291. The van der Waals surface area contributed by atoms with Gasteiger partial charge in [0.1, 0.15) is 5.82 Å². The molecular weight excluding hydrogens is 347 g/mol. The minimum absolute atomic E-state index is 0.631. The van der Waals surface area contributed by atoms with Crippen LogP contribution in [0.4, 0.5) is 0 Å². The SMILES string of the molecule is CC1CCC(n2ccnc2-c2cccc(I)c2)CC1. The number of benzene rings is 1. The van der Waals surface area contributed by atoms with Crippen molar-refractivity contribution in [1.29, 1.82) is 0 Å². The summed E-state index contributed by atoms with van der Waals surface area (Å²) in [5.41, 5.74) is 1.23. The number of hydrogen-bond acceptors (Lipinski definition) is 1. The van der Waals surface area contributed by atoms with Gasteiger partial charge >= 0.3 is 0 Å². The lowest BCUT2D eigenvalue weighted by Crippen LogP contribution is -2.17. The molecule has 1 aromatic heterocycles. The molecule has 0 aliphatic heterocycles. The normalized spacial score (nSPS) is 23.5. The van der Waals surface area contributed by atoms with E-state index in [-0.39, 0.29) is 0 Å². The molecular formula is C16H19IN2. The molecule has 0 radical (unpaired) electrons. The third kappa shape index (κ3) is 2.86. The quantitative estimate of drug-likeness (QED) is 0.691. The van der Waals surface area contributed by atoms with Gasteiger partial charge in [-0.25, -0.2) is 4.98 Å². The largest absolute Gasteiger partial charge is 0.328 e. The van der Waals surface area contributed by atoms with Crippen LogP contribution in [0.5, 0.6) is 0 Å². The van der Waals surface area contributed by atoms with Crippen LogP contribution in [0.1, 0.15) is 38.6 Å². The fraction of sp³-hybridized carbons (Fsp3) is 0.438. The Morgan fingerprint density at radius 1 is 1.21 bits per heavy atom. The molecule has 0 N–H and O–H groups in total. The second kappa shape index (κ2) is 5.65. The average molecular weight is 366 g/mol. The molecule has 1 saturated carbocycles. The molecule has 100 valence electrons. The van der Waals surface area contributed by atoms with Crippen LogP contribution in [0.3, 0.4) is 0 Å². The summed E-state index contributed by atoms with van der Waals surface area (Å²) in [6, 6.07) is 9.24. The van der Waals surface area contributed by atoms with Gasteiger partial charge in [0, 0.05) is 27.6 Å². The van der Waals surface area contributed by atoms with Crippen molar-refractivity contribution in [3.05, 3.63) is 40.2 Å². The highest BCUT2D eigenvalue weighted by Gasteiger charge is 2.21. The molecule has 19 heavy (non-hydrogen) atoms. The highest BCUT2D eigenvalue weighted by atomic mass is 127. The molecule has 1 aliphatic rings. The Morgan fingerprint density at radius 3 is 2.74 bits per heavy atom. The van der Waals surface area contributed by atoms with E-state index in [2.05, 4.69) is 69.5 Å². The highest BCUT2D eigenvalue weighted by Crippen LogP contribution is 2.34. The second-order valence-electron chi connectivity index (χ2n) is 5.58. The van der Waals surface area contributed by atoms with Crippen LogP contribution in [-0.2, 0) is 0 Å². The Hall–Kier alpha value is -0.840. The molecule has 0 saturated heterocycles. The Bertz CT molecular complexity index is 553. The van der Waals surface area contributed by atoms with Gasteiger partial charge in [0.15, 0.2) is 0 Å². The maximum atomic E-state index is 4.58. The van der Waals surface area contributed by atoms with Gasteiger partial charge in [0.25, 0.3) is 0 Å². The van der Waals surface area contributed by atoms with Crippen molar-refractivity contribution in [1.82, 2.24) is 9.55 Å². The van der Waals surface area contributed by atoms with Crippen molar-refractivity contribution >= 4 is 22.6 Å². The predicted molar refractivity (Wildman–Crippen MR) is 87.0 cm³/mol. The van der Waals surface area contributed by atoms with Gasteiger partial charge in [0.05, 0.1) is 0 Å². The standard InChI is InChI=1S/C16H19IN2/c1-12-5-7-15(8-6-12)19-10-9-18-16(19)13-3-2-4-14(17)11-13/h2-4,9-12,15H,5-8H2,1H3. The molecule has 1 aromatic carbocycles. The minimum atomic E-state index is 0.631. The van der Waals surface area contributed by atoms with E-state index in [9.17, 15) is 0 Å². The van der Waals surface area contributed by atoms with Crippen molar-refractivity contribution in [2.45, 2.75) is 38.6 Å². The van der Waals surface area contributed by atoms with E-state index in [1.165, 1.54) is 34.8 Å². The molecule has 1 heterocycles. The summed E-state index contributed by atoms with van der Waals surface area (Å²) in [6.07, 6.45) is 9.34. The summed E-state index contributed by atoms with van der Waals surface area (Å²) >= 11 is 2.36. The Balaban J connectivity index is 1.90. The van der Waals surface area contributed by atoms with Crippen LogP contribution < -0.4 is 0 Å². The molecule has 3 heteroatoms. The minimum Gasteiger partial charge on any atom is -0.328 e. The Labute approximate surface area is 128 Å². The number of nitrogens with zero attached hydrogens (tertiary/aromatic N) is 2. The van der Waals surface area contributed by atoms with Crippen molar-refractivity contribution in [3.8, 4) is 11.4 Å². The van der Waals surface area contributed by atoms with Gasteiger partial charge in [-0.15, -0.1) is 0 Å². The van der Waals surface area contributed by atoms with E-state index in [4.69, 9.17) is 0 Å². The molecule has 0 bridgehead atoms. The molecule has 2 aromatic rings. The smallest absolute Gasteiger partial charge is 0.140 e. The number of rotatable bonds is 2. The lowest BCUT2D eigenvalue weighted by atomic mass is 9.87. The van der Waals surface area contributed by atoms with Gasteiger partial charge in [-0.05, 0) is 66.3 Å². The monoisotopic (exact) mass is 366 g/mol. The van der Waals surface area contributed by atoms with Crippen molar-refractivity contribution in [2.75, 3.05) is 0 Å². The van der Waals surface area contributed by atoms with E-state index in [1.807, 2.05) is 6.20 Å². The number of halogens is 1. The van der Waals surface area contributed by atoms with Crippen molar-refractivity contribution < 1.29 is 0 Å².